The molecule has 3 amide bonds. The summed E-state index contributed by atoms with van der Waals surface area (Å²) in [6.45, 7) is 8.75. The van der Waals surface area contributed by atoms with E-state index in [2.05, 4.69) is 16.0 Å². The molecule has 1 fully saturated rings. The van der Waals surface area contributed by atoms with Crippen LogP contribution >= 0.6 is 0 Å². The lowest BCUT2D eigenvalue weighted by Gasteiger charge is -2.18. The maximum absolute atomic E-state index is 12.3. The second-order valence-electron chi connectivity index (χ2n) is 7.20. The first-order valence-corrected chi connectivity index (χ1v) is 8.87. The number of ether oxygens (including phenoxy) is 1. The van der Waals surface area contributed by atoms with Crippen LogP contribution < -0.4 is 16.0 Å². The van der Waals surface area contributed by atoms with Crippen LogP contribution in [0.25, 0.3) is 0 Å². The number of hydrogen-bond donors (Lipinski definition) is 4. The lowest BCUT2D eigenvalue weighted by atomic mass is 10.1. The topological polar surface area (TPSA) is 137 Å². The van der Waals surface area contributed by atoms with Crippen LogP contribution in [0.4, 0.5) is 0 Å². The van der Waals surface area contributed by atoms with Gasteiger partial charge in [0.1, 0.15) is 0 Å². The third-order valence-corrected chi connectivity index (χ3v) is 3.85. The summed E-state index contributed by atoms with van der Waals surface area (Å²) in [5.41, 5.74) is 0. The highest BCUT2D eigenvalue weighted by molar-refractivity contribution is 6.08. The Labute approximate surface area is 153 Å². The fraction of sp³-hybridized carbons (Fsp3) is 0.765. The quantitative estimate of drug-likeness (QED) is 0.289. The lowest BCUT2D eigenvalue weighted by Crippen LogP contribution is -2.56. The second-order valence-corrected chi connectivity index (χ2v) is 7.20. The van der Waals surface area contributed by atoms with E-state index < -0.39 is 41.9 Å². The molecule has 148 valence electrons. The van der Waals surface area contributed by atoms with E-state index >= 15 is 0 Å². The Morgan fingerprint density at radius 1 is 0.885 bits per heavy atom. The van der Waals surface area contributed by atoms with Crippen LogP contribution in [-0.2, 0) is 23.9 Å². The summed E-state index contributed by atoms with van der Waals surface area (Å²) in [4.78, 5) is 47.4. The first-order chi connectivity index (χ1) is 12.1. The molecule has 0 saturated carbocycles. The van der Waals surface area contributed by atoms with Gasteiger partial charge in [-0.3, -0.25) is 14.4 Å². The van der Waals surface area contributed by atoms with E-state index in [-0.39, 0.29) is 0 Å². The molecule has 9 nitrogen and oxygen atoms in total. The predicted octanol–water partition coefficient (Wildman–Crippen LogP) is -0.352. The molecule has 0 aromatic rings. The zero-order valence-corrected chi connectivity index (χ0v) is 15.7. The smallest absolute Gasteiger partial charge is 0.336 e. The van der Waals surface area contributed by atoms with Crippen LogP contribution in [0.5, 0.6) is 0 Å². The number of carbonyl (C=O) groups is 4. The van der Waals surface area contributed by atoms with Gasteiger partial charge in [0.2, 0.25) is 0 Å². The molecular formula is C17H29N3O6. The maximum atomic E-state index is 12.3. The molecule has 0 bridgehead atoms. The van der Waals surface area contributed by atoms with Gasteiger partial charge in [-0.15, -0.1) is 0 Å². The van der Waals surface area contributed by atoms with Crippen molar-refractivity contribution in [2.45, 2.75) is 58.8 Å². The van der Waals surface area contributed by atoms with Gasteiger partial charge in [0.25, 0.3) is 17.7 Å². The number of carboxylic acids is 1. The molecule has 0 spiro atoms. The van der Waals surface area contributed by atoms with E-state index in [1.165, 1.54) is 0 Å². The normalized spacial score (nSPS) is 18.7. The number of hydrogen-bond acceptors (Lipinski definition) is 5. The van der Waals surface area contributed by atoms with Crippen molar-refractivity contribution in [2.75, 3.05) is 13.1 Å². The van der Waals surface area contributed by atoms with Crippen molar-refractivity contribution < 1.29 is 29.0 Å². The number of amides is 3. The predicted molar refractivity (Wildman–Crippen MR) is 93.2 cm³/mol. The number of carbonyl (C=O) groups excluding carboxylic acids is 3. The summed E-state index contributed by atoms with van der Waals surface area (Å²) in [6, 6.07) is -1.43. The van der Waals surface area contributed by atoms with Gasteiger partial charge in [-0.05, 0) is 24.7 Å². The number of aliphatic carboxylic acids is 1. The average Bonchev–Trinajstić information content (AvgIpc) is 3.32. The van der Waals surface area contributed by atoms with Gasteiger partial charge in [0, 0.05) is 13.1 Å². The first-order valence-electron chi connectivity index (χ1n) is 8.87. The molecule has 26 heavy (non-hydrogen) atoms. The Morgan fingerprint density at radius 2 is 1.35 bits per heavy atom. The second kappa shape index (κ2) is 10.1. The zero-order valence-electron chi connectivity index (χ0n) is 15.7. The fourth-order valence-corrected chi connectivity index (χ4v) is 2.15. The molecule has 0 aliphatic carbocycles. The van der Waals surface area contributed by atoms with Crippen molar-refractivity contribution in [3.05, 3.63) is 0 Å². The van der Waals surface area contributed by atoms with Crippen LogP contribution in [0.2, 0.25) is 0 Å². The number of nitrogens with one attached hydrogen (secondary N) is 3. The van der Waals surface area contributed by atoms with Gasteiger partial charge in [0.15, 0.2) is 18.2 Å². The Kier molecular flexibility index (Phi) is 8.50. The minimum atomic E-state index is -1.43. The first kappa shape index (κ1) is 21.9. The highest BCUT2D eigenvalue weighted by Gasteiger charge is 2.51. The van der Waals surface area contributed by atoms with Crippen molar-refractivity contribution in [3.63, 3.8) is 0 Å². The molecular weight excluding hydrogens is 342 g/mol. The standard InChI is InChI=1S/C17H29N3O6/c1-9(2)5-7-18-14(21)11(15(22)19-8-6-10(3)4)20-16(23)12-13(26-12)17(24)25/h9-13H,5-8H2,1-4H3,(H,18,21)(H,19,22)(H,20,23)(H,24,25)/t12-,13-/m0/s1. The molecule has 4 N–H and O–H groups in total. The molecule has 1 saturated heterocycles. The van der Waals surface area contributed by atoms with Gasteiger partial charge < -0.3 is 25.8 Å². The summed E-state index contributed by atoms with van der Waals surface area (Å²) in [5, 5.41) is 16.3. The van der Waals surface area contributed by atoms with Crippen LogP contribution in [-0.4, -0.2) is 60.1 Å². The molecule has 9 heteroatoms. The summed E-state index contributed by atoms with van der Waals surface area (Å²) in [7, 11) is 0. The minimum Gasteiger partial charge on any atom is -0.479 e. The Balaban J connectivity index is 2.64. The molecule has 0 radical (unpaired) electrons. The maximum Gasteiger partial charge on any atom is 0.336 e. The average molecular weight is 371 g/mol. The summed E-state index contributed by atoms with van der Waals surface area (Å²) < 4.78 is 4.75. The van der Waals surface area contributed by atoms with E-state index in [4.69, 9.17) is 9.84 Å². The highest BCUT2D eigenvalue weighted by Crippen LogP contribution is 2.22. The molecule has 0 aromatic heterocycles. The third kappa shape index (κ3) is 7.38. The molecule has 1 heterocycles. The van der Waals surface area contributed by atoms with Gasteiger partial charge in [0.05, 0.1) is 0 Å². The number of epoxide rings is 1. The Bertz CT molecular complexity index is 509. The fourth-order valence-electron chi connectivity index (χ4n) is 2.15. The van der Waals surface area contributed by atoms with Gasteiger partial charge >= 0.3 is 5.97 Å². The number of carboxylic acid groups (broad SMARTS) is 1. The monoisotopic (exact) mass is 371 g/mol. The third-order valence-electron chi connectivity index (χ3n) is 3.85. The van der Waals surface area contributed by atoms with Crippen LogP contribution in [0.15, 0.2) is 0 Å². The molecule has 0 unspecified atom stereocenters. The van der Waals surface area contributed by atoms with E-state index in [0.29, 0.717) is 24.9 Å². The molecule has 2 atom stereocenters. The summed E-state index contributed by atoms with van der Waals surface area (Å²) in [5.74, 6) is -2.56. The van der Waals surface area contributed by atoms with Crippen molar-refractivity contribution in [3.8, 4) is 0 Å². The van der Waals surface area contributed by atoms with Crippen LogP contribution in [0, 0.1) is 11.8 Å². The molecule has 1 aliphatic rings. The molecule has 1 rings (SSSR count). The van der Waals surface area contributed by atoms with E-state index in [0.717, 1.165) is 12.8 Å². The van der Waals surface area contributed by atoms with E-state index in [1.54, 1.807) is 0 Å². The minimum absolute atomic E-state index is 0.374. The highest BCUT2D eigenvalue weighted by atomic mass is 16.6. The van der Waals surface area contributed by atoms with Gasteiger partial charge in [-0.2, -0.15) is 0 Å². The van der Waals surface area contributed by atoms with Crippen LogP contribution in [0.3, 0.4) is 0 Å². The Morgan fingerprint density at radius 3 is 1.69 bits per heavy atom. The molecule has 0 aromatic carbocycles. The summed E-state index contributed by atoms with van der Waals surface area (Å²) >= 11 is 0. The number of rotatable bonds is 11. The largest absolute Gasteiger partial charge is 0.479 e. The van der Waals surface area contributed by atoms with Gasteiger partial charge in [-0.25, -0.2) is 4.79 Å². The summed E-state index contributed by atoms with van der Waals surface area (Å²) in [6.07, 6.45) is -0.951. The van der Waals surface area contributed by atoms with E-state index in [9.17, 15) is 19.2 Å². The zero-order chi connectivity index (χ0) is 19.9. The van der Waals surface area contributed by atoms with Crippen LogP contribution in [0.1, 0.15) is 40.5 Å². The Hall–Kier alpha value is -2.16. The van der Waals surface area contributed by atoms with Crippen molar-refractivity contribution in [2.24, 2.45) is 11.8 Å². The van der Waals surface area contributed by atoms with Crippen molar-refractivity contribution in [1.82, 2.24) is 16.0 Å². The molecule has 1 aliphatic heterocycles. The lowest BCUT2D eigenvalue weighted by molar-refractivity contribution is -0.138. The van der Waals surface area contributed by atoms with Crippen molar-refractivity contribution >= 4 is 23.7 Å². The van der Waals surface area contributed by atoms with E-state index in [1.807, 2.05) is 27.7 Å². The van der Waals surface area contributed by atoms with Gasteiger partial charge in [-0.1, -0.05) is 27.7 Å². The van der Waals surface area contributed by atoms with Crippen molar-refractivity contribution in [1.29, 1.82) is 0 Å². The SMILES string of the molecule is CC(C)CCNC(=O)C(NC(=O)[C@H]1O[C@@H]1C(=O)O)C(=O)NCCC(C)C.